The van der Waals surface area contributed by atoms with Crippen LogP contribution in [0.4, 0.5) is 8.78 Å². The highest BCUT2D eigenvalue weighted by Crippen LogP contribution is 2.12. The summed E-state index contributed by atoms with van der Waals surface area (Å²) in [4.78, 5) is 0. The molecule has 1 aromatic heterocycles. The van der Waals surface area contributed by atoms with Crippen LogP contribution < -0.4 is 5.32 Å². The van der Waals surface area contributed by atoms with E-state index >= 15 is 0 Å². The maximum Gasteiger partial charge on any atom is 0.261 e. The predicted octanol–water partition coefficient (Wildman–Crippen LogP) is 2.30. The van der Waals surface area contributed by atoms with Gasteiger partial charge in [0.2, 0.25) is 0 Å². The first-order valence-electron chi connectivity index (χ1n) is 4.49. The summed E-state index contributed by atoms with van der Waals surface area (Å²) in [5, 5.41) is 3.30. The van der Waals surface area contributed by atoms with Crippen LogP contribution in [0.2, 0.25) is 5.22 Å². The molecule has 0 aromatic carbocycles. The van der Waals surface area contributed by atoms with E-state index in [1.165, 1.54) is 0 Å². The molecule has 86 valence electrons. The van der Waals surface area contributed by atoms with Crippen LogP contribution in [0.3, 0.4) is 0 Å². The Labute approximate surface area is 91.3 Å². The lowest BCUT2D eigenvalue weighted by Crippen LogP contribution is -2.20. The first kappa shape index (κ1) is 12.4. The molecule has 0 unspecified atom stereocenters. The average molecular weight is 240 g/mol. The van der Waals surface area contributed by atoms with Gasteiger partial charge in [0.15, 0.2) is 5.22 Å². The molecule has 3 nitrogen and oxygen atoms in total. The molecule has 0 aliphatic carbocycles. The highest BCUT2D eigenvalue weighted by atomic mass is 35.5. The van der Waals surface area contributed by atoms with Crippen molar-refractivity contribution in [2.45, 2.75) is 13.0 Å². The molecule has 0 atom stereocenters. The van der Waals surface area contributed by atoms with Gasteiger partial charge in [-0.2, -0.15) is 0 Å². The monoisotopic (exact) mass is 239 g/mol. The van der Waals surface area contributed by atoms with Crippen LogP contribution in [-0.4, -0.2) is 26.2 Å². The van der Waals surface area contributed by atoms with E-state index in [0.29, 0.717) is 24.1 Å². The quantitative estimate of drug-likeness (QED) is 0.742. The Kier molecular flexibility index (Phi) is 5.60. The van der Waals surface area contributed by atoms with Crippen molar-refractivity contribution in [3.05, 3.63) is 23.1 Å². The highest BCUT2D eigenvalue weighted by Gasteiger charge is 2.01. The number of alkyl halides is 2. The van der Waals surface area contributed by atoms with Crippen LogP contribution >= 0.6 is 11.6 Å². The Morgan fingerprint density at radius 2 is 2.27 bits per heavy atom. The van der Waals surface area contributed by atoms with Gasteiger partial charge in [0, 0.05) is 6.54 Å². The molecule has 0 bridgehead atoms. The summed E-state index contributed by atoms with van der Waals surface area (Å²) in [7, 11) is 0. The summed E-state index contributed by atoms with van der Waals surface area (Å²) >= 11 is 5.56. The van der Waals surface area contributed by atoms with Crippen molar-refractivity contribution in [1.29, 1.82) is 0 Å². The van der Waals surface area contributed by atoms with Crippen molar-refractivity contribution in [2.24, 2.45) is 0 Å². The fraction of sp³-hybridized carbons (Fsp3) is 0.556. The second-order valence-corrected chi connectivity index (χ2v) is 3.22. The third kappa shape index (κ3) is 5.71. The molecular weight excluding hydrogens is 228 g/mol. The van der Waals surface area contributed by atoms with E-state index in [9.17, 15) is 8.78 Å². The molecule has 0 fully saturated rings. The number of halogens is 3. The zero-order valence-corrected chi connectivity index (χ0v) is 8.77. The number of hydrogen-bond donors (Lipinski definition) is 1. The fourth-order valence-electron chi connectivity index (χ4n) is 0.975. The summed E-state index contributed by atoms with van der Waals surface area (Å²) in [6.45, 7) is 0.725. The second kappa shape index (κ2) is 6.76. The average Bonchev–Trinajstić information content (AvgIpc) is 2.57. The molecule has 0 saturated carbocycles. The molecule has 0 aliphatic heterocycles. The molecule has 0 radical (unpaired) electrons. The first-order valence-corrected chi connectivity index (χ1v) is 4.87. The molecule has 1 N–H and O–H groups in total. The van der Waals surface area contributed by atoms with Gasteiger partial charge in [-0.1, -0.05) is 0 Å². The van der Waals surface area contributed by atoms with E-state index in [1.807, 2.05) is 0 Å². The number of rotatable bonds is 7. The van der Waals surface area contributed by atoms with Gasteiger partial charge in [-0.25, -0.2) is 8.78 Å². The normalized spacial score (nSPS) is 11.2. The molecule has 1 rings (SSSR count). The molecule has 15 heavy (non-hydrogen) atoms. The molecule has 6 heteroatoms. The van der Waals surface area contributed by atoms with E-state index in [2.05, 4.69) is 10.1 Å². The molecule has 0 saturated heterocycles. The van der Waals surface area contributed by atoms with Crippen molar-refractivity contribution in [1.82, 2.24) is 5.32 Å². The smallest absolute Gasteiger partial charge is 0.261 e. The molecule has 1 heterocycles. The third-order valence-electron chi connectivity index (χ3n) is 1.60. The van der Waals surface area contributed by atoms with Crippen molar-refractivity contribution >= 4 is 11.6 Å². The minimum atomic E-state index is -2.41. The highest BCUT2D eigenvalue weighted by molar-refractivity contribution is 6.28. The van der Waals surface area contributed by atoms with Crippen LogP contribution in [0.5, 0.6) is 0 Å². The number of nitrogens with one attached hydrogen (secondary N) is 1. The topological polar surface area (TPSA) is 34.4 Å². The lowest BCUT2D eigenvalue weighted by Gasteiger charge is -2.04. The Morgan fingerprint density at radius 3 is 2.87 bits per heavy atom. The van der Waals surface area contributed by atoms with Crippen LogP contribution in [0, 0.1) is 0 Å². The zero-order valence-electron chi connectivity index (χ0n) is 8.01. The van der Waals surface area contributed by atoms with Gasteiger partial charge in [-0.15, -0.1) is 0 Å². The molecule has 0 amide bonds. The van der Waals surface area contributed by atoms with Crippen molar-refractivity contribution in [3.63, 3.8) is 0 Å². The van der Waals surface area contributed by atoms with Gasteiger partial charge in [0.1, 0.15) is 12.4 Å². The summed E-state index contributed by atoms with van der Waals surface area (Å²) in [6.07, 6.45) is -2.41. The summed E-state index contributed by atoms with van der Waals surface area (Å²) in [5.41, 5.74) is 0. The standard InChI is InChI=1S/C9H12ClF2NO2/c10-8-2-1-7(15-8)5-13-3-4-14-6-9(11)12/h1-2,9,13H,3-6H2. The Bertz CT molecular complexity index is 281. The SMILES string of the molecule is FC(F)COCCNCc1ccc(Cl)o1. The number of furan rings is 1. The minimum Gasteiger partial charge on any atom is -0.448 e. The first-order chi connectivity index (χ1) is 7.18. The van der Waals surface area contributed by atoms with Crippen LogP contribution in [0.15, 0.2) is 16.5 Å². The van der Waals surface area contributed by atoms with Gasteiger partial charge < -0.3 is 14.5 Å². The van der Waals surface area contributed by atoms with E-state index in [0.717, 1.165) is 0 Å². The van der Waals surface area contributed by atoms with Crippen molar-refractivity contribution < 1.29 is 17.9 Å². The predicted molar refractivity (Wildman–Crippen MR) is 52.2 cm³/mol. The summed E-state index contributed by atoms with van der Waals surface area (Å²) < 4.78 is 33.0. The number of hydrogen-bond acceptors (Lipinski definition) is 3. The van der Waals surface area contributed by atoms with E-state index in [-0.39, 0.29) is 6.61 Å². The Balaban J connectivity index is 1.98. The van der Waals surface area contributed by atoms with Crippen LogP contribution in [0.25, 0.3) is 0 Å². The summed E-state index contributed by atoms with van der Waals surface area (Å²) in [6, 6.07) is 3.39. The lowest BCUT2D eigenvalue weighted by molar-refractivity contribution is 0.0186. The van der Waals surface area contributed by atoms with Crippen molar-refractivity contribution in [2.75, 3.05) is 19.8 Å². The maximum atomic E-state index is 11.6. The lowest BCUT2D eigenvalue weighted by atomic mass is 10.4. The van der Waals surface area contributed by atoms with Gasteiger partial charge in [0.25, 0.3) is 6.43 Å². The molecule has 1 aromatic rings. The van der Waals surface area contributed by atoms with Gasteiger partial charge >= 0.3 is 0 Å². The molecular formula is C9H12ClF2NO2. The Hall–Kier alpha value is -0.650. The number of ether oxygens (including phenoxy) is 1. The fourth-order valence-corrected chi connectivity index (χ4v) is 1.14. The molecule has 0 spiro atoms. The van der Waals surface area contributed by atoms with E-state index < -0.39 is 13.0 Å². The second-order valence-electron chi connectivity index (χ2n) is 2.85. The van der Waals surface area contributed by atoms with Crippen molar-refractivity contribution in [3.8, 4) is 0 Å². The minimum absolute atomic E-state index is 0.249. The Morgan fingerprint density at radius 1 is 1.47 bits per heavy atom. The zero-order chi connectivity index (χ0) is 11.1. The molecule has 0 aliphatic rings. The largest absolute Gasteiger partial charge is 0.448 e. The van der Waals surface area contributed by atoms with Crippen LogP contribution in [0.1, 0.15) is 5.76 Å². The summed E-state index contributed by atoms with van der Waals surface area (Å²) in [5.74, 6) is 0.703. The van der Waals surface area contributed by atoms with Gasteiger partial charge in [-0.05, 0) is 23.7 Å². The maximum absolute atomic E-state index is 11.6. The van der Waals surface area contributed by atoms with Gasteiger partial charge in [0.05, 0.1) is 13.2 Å². The van der Waals surface area contributed by atoms with Gasteiger partial charge in [-0.3, -0.25) is 0 Å². The van der Waals surface area contributed by atoms with E-state index in [4.69, 9.17) is 16.0 Å². The van der Waals surface area contributed by atoms with Crippen LogP contribution in [-0.2, 0) is 11.3 Å². The third-order valence-corrected chi connectivity index (χ3v) is 1.80. The van der Waals surface area contributed by atoms with E-state index in [1.54, 1.807) is 12.1 Å².